The standard InChI is InChI=1S/C13H20N4OS/c1-14-11-7-12(16-13(15-11)19-2)17-8-3-4-9(17)6-10(18)5-8/h7-10,18H,3-6H2,1-2H3,(H,14,15,16). The minimum absolute atomic E-state index is 0.139. The van der Waals surface area contributed by atoms with E-state index in [0.717, 1.165) is 42.5 Å². The Bertz CT molecular complexity index is 434. The molecule has 5 nitrogen and oxygen atoms in total. The fraction of sp³-hybridized carbons (Fsp3) is 0.692. The van der Waals surface area contributed by atoms with Crippen LogP contribution in [0, 0.1) is 0 Å². The van der Waals surface area contributed by atoms with Crippen LogP contribution in [0.15, 0.2) is 11.2 Å². The number of aromatic nitrogens is 2. The number of hydrogen-bond acceptors (Lipinski definition) is 6. The molecule has 2 aliphatic rings. The fourth-order valence-corrected chi connectivity index (χ4v) is 3.66. The van der Waals surface area contributed by atoms with E-state index in [-0.39, 0.29) is 6.10 Å². The van der Waals surface area contributed by atoms with Gasteiger partial charge in [-0.25, -0.2) is 9.97 Å². The third-order valence-corrected chi connectivity index (χ3v) is 4.65. The quantitative estimate of drug-likeness (QED) is 0.649. The molecular weight excluding hydrogens is 260 g/mol. The van der Waals surface area contributed by atoms with Crippen molar-refractivity contribution in [3.8, 4) is 0 Å². The van der Waals surface area contributed by atoms with E-state index >= 15 is 0 Å². The third-order valence-electron chi connectivity index (χ3n) is 4.10. The molecule has 3 heterocycles. The van der Waals surface area contributed by atoms with Crippen molar-refractivity contribution >= 4 is 23.4 Å². The molecule has 0 saturated carbocycles. The highest BCUT2D eigenvalue weighted by Gasteiger charge is 2.41. The highest BCUT2D eigenvalue weighted by atomic mass is 32.2. The average molecular weight is 280 g/mol. The molecule has 104 valence electrons. The molecule has 0 aliphatic carbocycles. The third kappa shape index (κ3) is 2.39. The summed E-state index contributed by atoms with van der Waals surface area (Å²) in [6.45, 7) is 0. The summed E-state index contributed by atoms with van der Waals surface area (Å²) >= 11 is 1.56. The molecule has 0 aromatic carbocycles. The largest absolute Gasteiger partial charge is 0.393 e. The summed E-state index contributed by atoms with van der Waals surface area (Å²) in [7, 11) is 1.88. The van der Waals surface area contributed by atoms with Crippen molar-refractivity contribution in [1.29, 1.82) is 0 Å². The zero-order valence-corrected chi connectivity index (χ0v) is 12.2. The van der Waals surface area contributed by atoms with Gasteiger partial charge in [0.15, 0.2) is 5.16 Å². The van der Waals surface area contributed by atoms with Crippen LogP contribution in [0.2, 0.25) is 0 Å². The summed E-state index contributed by atoms with van der Waals surface area (Å²) in [6.07, 6.45) is 5.91. The van der Waals surface area contributed by atoms with Gasteiger partial charge in [0.2, 0.25) is 0 Å². The highest BCUT2D eigenvalue weighted by molar-refractivity contribution is 7.98. The second kappa shape index (κ2) is 5.17. The summed E-state index contributed by atoms with van der Waals surface area (Å²) in [5.74, 6) is 1.86. The molecule has 0 amide bonds. The maximum absolute atomic E-state index is 9.88. The molecule has 1 aromatic heterocycles. The van der Waals surface area contributed by atoms with Gasteiger partial charge in [-0.15, -0.1) is 0 Å². The van der Waals surface area contributed by atoms with Gasteiger partial charge in [0, 0.05) is 25.2 Å². The fourth-order valence-electron chi connectivity index (χ4n) is 3.29. The lowest BCUT2D eigenvalue weighted by molar-refractivity contribution is 0.126. The SMILES string of the molecule is CNc1cc(N2C3CCC2CC(O)C3)nc(SC)n1. The van der Waals surface area contributed by atoms with Crippen molar-refractivity contribution < 1.29 is 5.11 Å². The van der Waals surface area contributed by atoms with Crippen molar-refractivity contribution in [1.82, 2.24) is 9.97 Å². The number of rotatable bonds is 3. The molecule has 6 heteroatoms. The molecule has 2 atom stereocenters. The van der Waals surface area contributed by atoms with Crippen LogP contribution in [0.25, 0.3) is 0 Å². The average Bonchev–Trinajstić information content (AvgIpc) is 2.70. The Morgan fingerprint density at radius 2 is 2.00 bits per heavy atom. The number of hydrogen-bond donors (Lipinski definition) is 2. The van der Waals surface area contributed by atoms with Crippen molar-refractivity contribution in [2.75, 3.05) is 23.5 Å². The predicted molar refractivity (Wildman–Crippen MR) is 77.9 cm³/mol. The van der Waals surface area contributed by atoms with Gasteiger partial charge in [-0.1, -0.05) is 11.8 Å². The second-order valence-corrected chi connectivity index (χ2v) is 6.04. The number of piperidine rings is 1. The highest BCUT2D eigenvalue weighted by Crippen LogP contribution is 2.39. The number of nitrogens with one attached hydrogen (secondary N) is 1. The molecule has 2 bridgehead atoms. The normalized spacial score (nSPS) is 29.6. The topological polar surface area (TPSA) is 61.3 Å². The molecule has 2 fully saturated rings. The van der Waals surface area contributed by atoms with Gasteiger partial charge < -0.3 is 15.3 Å². The molecular formula is C13H20N4OS. The van der Waals surface area contributed by atoms with E-state index < -0.39 is 0 Å². The van der Waals surface area contributed by atoms with Crippen molar-refractivity contribution in [3.05, 3.63) is 6.07 Å². The number of anilines is 2. The minimum atomic E-state index is -0.139. The lowest BCUT2D eigenvalue weighted by Crippen LogP contribution is -2.45. The monoisotopic (exact) mass is 280 g/mol. The van der Waals surface area contributed by atoms with Crippen LogP contribution in [0.3, 0.4) is 0 Å². The second-order valence-electron chi connectivity index (χ2n) is 5.27. The number of aliphatic hydroxyl groups excluding tert-OH is 1. The van der Waals surface area contributed by atoms with Gasteiger partial charge >= 0.3 is 0 Å². The maximum Gasteiger partial charge on any atom is 0.191 e. The first-order valence-electron chi connectivity index (χ1n) is 6.78. The first-order valence-corrected chi connectivity index (χ1v) is 8.01. The van der Waals surface area contributed by atoms with Crippen molar-refractivity contribution in [3.63, 3.8) is 0 Å². The summed E-state index contributed by atoms with van der Waals surface area (Å²) in [4.78, 5) is 11.5. The van der Waals surface area contributed by atoms with Crippen LogP contribution >= 0.6 is 11.8 Å². The van der Waals surface area contributed by atoms with Crippen molar-refractivity contribution in [2.24, 2.45) is 0 Å². The summed E-state index contributed by atoms with van der Waals surface area (Å²) in [6, 6.07) is 2.88. The molecule has 2 saturated heterocycles. The van der Waals surface area contributed by atoms with Crippen LogP contribution in [-0.2, 0) is 0 Å². The Hall–Kier alpha value is -1.01. The van der Waals surface area contributed by atoms with Crippen LogP contribution in [-0.4, -0.2) is 46.6 Å². The van der Waals surface area contributed by atoms with Crippen LogP contribution in [0.4, 0.5) is 11.6 Å². The lowest BCUT2D eigenvalue weighted by atomic mass is 10.00. The summed E-state index contributed by atoms with van der Waals surface area (Å²) < 4.78 is 0. The first kappa shape index (κ1) is 13.0. The predicted octanol–water partition coefficient (Wildman–Crippen LogP) is 1.73. The van der Waals surface area contributed by atoms with E-state index in [2.05, 4.69) is 20.2 Å². The molecule has 2 aliphatic heterocycles. The maximum atomic E-state index is 9.88. The minimum Gasteiger partial charge on any atom is -0.393 e. The lowest BCUT2D eigenvalue weighted by Gasteiger charge is -2.38. The van der Waals surface area contributed by atoms with E-state index in [4.69, 9.17) is 0 Å². The van der Waals surface area contributed by atoms with Gasteiger partial charge in [-0.05, 0) is 31.9 Å². The van der Waals surface area contributed by atoms with E-state index in [1.54, 1.807) is 11.8 Å². The molecule has 2 N–H and O–H groups in total. The van der Waals surface area contributed by atoms with E-state index in [1.807, 2.05) is 19.4 Å². The molecule has 1 aromatic rings. The zero-order valence-electron chi connectivity index (χ0n) is 11.3. The van der Waals surface area contributed by atoms with E-state index in [0.29, 0.717) is 12.1 Å². The first-order chi connectivity index (χ1) is 9.21. The summed E-state index contributed by atoms with van der Waals surface area (Å²) in [5.41, 5.74) is 0. The Kier molecular flexibility index (Phi) is 3.54. The number of thioether (sulfide) groups is 1. The van der Waals surface area contributed by atoms with Crippen molar-refractivity contribution in [2.45, 2.75) is 49.0 Å². The van der Waals surface area contributed by atoms with E-state index in [1.165, 1.54) is 0 Å². The van der Waals surface area contributed by atoms with Crippen LogP contribution < -0.4 is 10.2 Å². The Morgan fingerprint density at radius 1 is 1.32 bits per heavy atom. The Labute approximate surface area is 117 Å². The molecule has 3 rings (SSSR count). The molecule has 19 heavy (non-hydrogen) atoms. The number of nitrogens with zero attached hydrogens (tertiary/aromatic N) is 3. The van der Waals surface area contributed by atoms with Gasteiger partial charge in [-0.3, -0.25) is 0 Å². The Balaban J connectivity index is 1.94. The number of aliphatic hydroxyl groups is 1. The molecule has 2 unspecified atom stereocenters. The van der Waals surface area contributed by atoms with Gasteiger partial charge in [0.25, 0.3) is 0 Å². The van der Waals surface area contributed by atoms with Gasteiger partial charge in [-0.2, -0.15) is 0 Å². The number of fused-ring (bicyclic) bond motifs is 2. The smallest absolute Gasteiger partial charge is 0.191 e. The molecule has 0 spiro atoms. The molecule has 0 radical (unpaired) electrons. The van der Waals surface area contributed by atoms with Gasteiger partial charge in [0.1, 0.15) is 11.6 Å². The van der Waals surface area contributed by atoms with Gasteiger partial charge in [0.05, 0.1) is 6.10 Å². The van der Waals surface area contributed by atoms with E-state index in [9.17, 15) is 5.11 Å². The summed E-state index contributed by atoms with van der Waals surface area (Å²) in [5, 5.41) is 13.8. The Morgan fingerprint density at radius 3 is 2.58 bits per heavy atom. The van der Waals surface area contributed by atoms with Crippen LogP contribution in [0.1, 0.15) is 25.7 Å². The zero-order chi connectivity index (χ0) is 13.4. The van der Waals surface area contributed by atoms with Crippen LogP contribution in [0.5, 0.6) is 0 Å².